The van der Waals surface area contributed by atoms with Crippen molar-refractivity contribution in [2.75, 3.05) is 6.54 Å². The number of hydrogen-bond donors (Lipinski definition) is 1. The molecule has 6 nitrogen and oxygen atoms in total. The maximum Gasteiger partial charge on any atom is 0.213 e. The van der Waals surface area contributed by atoms with Gasteiger partial charge in [-0.1, -0.05) is 5.16 Å². The summed E-state index contributed by atoms with van der Waals surface area (Å²) in [5.41, 5.74) is 0. The third-order valence-corrected chi connectivity index (χ3v) is 2.14. The van der Waals surface area contributed by atoms with E-state index in [4.69, 9.17) is 0 Å². The SMILES string of the molecule is Cn1ccnc1CCNCc1ncon1. The Hall–Kier alpha value is -1.69. The molecule has 2 aromatic rings. The van der Waals surface area contributed by atoms with Gasteiger partial charge in [-0.15, -0.1) is 0 Å². The highest BCUT2D eigenvalue weighted by atomic mass is 16.5. The van der Waals surface area contributed by atoms with Crippen molar-refractivity contribution in [3.8, 4) is 0 Å². The Morgan fingerprint density at radius 1 is 1.47 bits per heavy atom. The van der Waals surface area contributed by atoms with E-state index in [0.717, 1.165) is 18.8 Å². The third kappa shape index (κ3) is 2.63. The molecule has 0 amide bonds. The summed E-state index contributed by atoms with van der Waals surface area (Å²) < 4.78 is 6.63. The van der Waals surface area contributed by atoms with Crippen LogP contribution in [-0.4, -0.2) is 26.2 Å². The van der Waals surface area contributed by atoms with Gasteiger partial charge in [0.1, 0.15) is 5.82 Å². The minimum absolute atomic E-state index is 0.626. The summed E-state index contributed by atoms with van der Waals surface area (Å²) in [5, 5.41) is 6.91. The normalized spacial score (nSPS) is 10.7. The standard InChI is InChI=1S/C9H13N5O/c1-14-5-4-11-9(14)2-3-10-6-8-12-7-15-13-8/h4-5,7,10H,2-3,6H2,1H3. The molecule has 0 saturated carbocycles. The van der Waals surface area contributed by atoms with Crippen LogP contribution in [0.3, 0.4) is 0 Å². The van der Waals surface area contributed by atoms with Gasteiger partial charge in [-0.05, 0) is 0 Å². The van der Waals surface area contributed by atoms with Crippen LogP contribution in [0.2, 0.25) is 0 Å². The van der Waals surface area contributed by atoms with Crippen LogP contribution in [0.25, 0.3) is 0 Å². The van der Waals surface area contributed by atoms with Crippen molar-refractivity contribution in [1.29, 1.82) is 0 Å². The molecule has 0 aromatic carbocycles. The Bertz CT molecular complexity index is 394. The molecule has 2 heterocycles. The van der Waals surface area contributed by atoms with Gasteiger partial charge in [0.25, 0.3) is 0 Å². The van der Waals surface area contributed by atoms with Crippen molar-refractivity contribution in [2.45, 2.75) is 13.0 Å². The Balaban J connectivity index is 1.70. The lowest BCUT2D eigenvalue weighted by atomic mass is 10.4. The van der Waals surface area contributed by atoms with Crippen molar-refractivity contribution in [1.82, 2.24) is 25.0 Å². The van der Waals surface area contributed by atoms with Crippen LogP contribution in [0.4, 0.5) is 0 Å². The Morgan fingerprint density at radius 2 is 2.40 bits per heavy atom. The first-order valence-electron chi connectivity index (χ1n) is 4.78. The highest BCUT2D eigenvalue weighted by Crippen LogP contribution is 1.94. The molecule has 0 aliphatic rings. The van der Waals surface area contributed by atoms with Crippen molar-refractivity contribution >= 4 is 0 Å². The van der Waals surface area contributed by atoms with Gasteiger partial charge in [0.15, 0.2) is 5.82 Å². The average Bonchev–Trinajstić information content (AvgIpc) is 2.85. The number of hydrogen-bond acceptors (Lipinski definition) is 5. The quantitative estimate of drug-likeness (QED) is 0.706. The van der Waals surface area contributed by atoms with E-state index in [9.17, 15) is 0 Å². The summed E-state index contributed by atoms with van der Waals surface area (Å²) in [6.07, 6.45) is 5.96. The number of aromatic nitrogens is 4. The van der Waals surface area contributed by atoms with Gasteiger partial charge in [0.05, 0.1) is 6.54 Å². The molecule has 0 aliphatic carbocycles. The lowest BCUT2D eigenvalue weighted by Gasteiger charge is -2.02. The van der Waals surface area contributed by atoms with Crippen molar-refractivity contribution < 1.29 is 4.52 Å². The van der Waals surface area contributed by atoms with Gasteiger partial charge in [0, 0.05) is 32.4 Å². The molecule has 0 fully saturated rings. The molecule has 2 rings (SSSR count). The van der Waals surface area contributed by atoms with Gasteiger partial charge in [-0.3, -0.25) is 0 Å². The van der Waals surface area contributed by atoms with E-state index in [2.05, 4.69) is 25.0 Å². The summed E-state index contributed by atoms with van der Waals surface area (Å²) in [4.78, 5) is 8.13. The summed E-state index contributed by atoms with van der Waals surface area (Å²) in [6.45, 7) is 1.47. The van der Waals surface area contributed by atoms with Crippen LogP contribution in [0.5, 0.6) is 0 Å². The Morgan fingerprint density at radius 3 is 3.07 bits per heavy atom. The van der Waals surface area contributed by atoms with Gasteiger partial charge in [-0.25, -0.2) is 4.98 Å². The number of rotatable bonds is 5. The monoisotopic (exact) mass is 207 g/mol. The minimum Gasteiger partial charge on any atom is -0.343 e. The van der Waals surface area contributed by atoms with E-state index < -0.39 is 0 Å². The van der Waals surface area contributed by atoms with E-state index in [-0.39, 0.29) is 0 Å². The number of imidazole rings is 1. The van der Waals surface area contributed by atoms with Gasteiger partial charge in [-0.2, -0.15) is 4.98 Å². The Kier molecular flexibility index (Phi) is 3.08. The van der Waals surface area contributed by atoms with Crippen LogP contribution in [0, 0.1) is 0 Å². The van der Waals surface area contributed by atoms with E-state index in [0.29, 0.717) is 12.4 Å². The topological polar surface area (TPSA) is 68.8 Å². The second-order valence-electron chi connectivity index (χ2n) is 3.23. The first-order valence-corrected chi connectivity index (χ1v) is 4.78. The molecular weight excluding hydrogens is 194 g/mol. The van der Waals surface area contributed by atoms with Crippen LogP contribution in [-0.2, 0) is 20.0 Å². The number of aryl methyl sites for hydroxylation is 1. The molecule has 1 N–H and O–H groups in total. The fraction of sp³-hybridized carbons (Fsp3) is 0.444. The fourth-order valence-electron chi connectivity index (χ4n) is 1.31. The summed E-state index contributed by atoms with van der Waals surface area (Å²) in [5.74, 6) is 1.74. The average molecular weight is 207 g/mol. The largest absolute Gasteiger partial charge is 0.343 e. The lowest BCUT2D eigenvalue weighted by Crippen LogP contribution is -2.18. The fourth-order valence-corrected chi connectivity index (χ4v) is 1.31. The summed E-state index contributed by atoms with van der Waals surface area (Å²) in [7, 11) is 1.99. The molecule has 2 aromatic heterocycles. The molecule has 0 spiro atoms. The van der Waals surface area contributed by atoms with Crippen molar-refractivity contribution in [2.24, 2.45) is 7.05 Å². The second-order valence-corrected chi connectivity index (χ2v) is 3.23. The Labute approximate surface area is 87.3 Å². The zero-order valence-corrected chi connectivity index (χ0v) is 8.55. The van der Waals surface area contributed by atoms with Crippen LogP contribution >= 0.6 is 0 Å². The van der Waals surface area contributed by atoms with Crippen LogP contribution < -0.4 is 5.32 Å². The van der Waals surface area contributed by atoms with Crippen LogP contribution in [0.15, 0.2) is 23.3 Å². The first-order chi connectivity index (χ1) is 7.36. The first kappa shape index (κ1) is 9.85. The summed E-state index contributed by atoms with van der Waals surface area (Å²) in [6, 6.07) is 0. The molecule has 0 radical (unpaired) electrons. The van der Waals surface area contributed by atoms with E-state index in [1.165, 1.54) is 6.39 Å². The summed E-state index contributed by atoms with van der Waals surface area (Å²) >= 11 is 0. The minimum atomic E-state index is 0.626. The molecule has 15 heavy (non-hydrogen) atoms. The zero-order valence-electron chi connectivity index (χ0n) is 8.55. The highest BCUT2D eigenvalue weighted by molar-refractivity contribution is 4.91. The lowest BCUT2D eigenvalue weighted by molar-refractivity contribution is 0.407. The van der Waals surface area contributed by atoms with Gasteiger partial charge in [0.2, 0.25) is 6.39 Å². The van der Waals surface area contributed by atoms with Crippen LogP contribution in [0.1, 0.15) is 11.6 Å². The molecule has 6 heteroatoms. The second kappa shape index (κ2) is 4.70. The predicted octanol–water partition coefficient (Wildman–Crippen LogP) is 0.135. The highest BCUT2D eigenvalue weighted by Gasteiger charge is 2.00. The molecule has 0 saturated heterocycles. The molecule has 80 valence electrons. The molecule has 0 atom stereocenters. The number of nitrogens with one attached hydrogen (secondary N) is 1. The third-order valence-electron chi connectivity index (χ3n) is 2.14. The van der Waals surface area contributed by atoms with E-state index in [1.54, 1.807) is 6.20 Å². The van der Waals surface area contributed by atoms with Crippen molar-refractivity contribution in [3.05, 3.63) is 30.4 Å². The van der Waals surface area contributed by atoms with E-state index >= 15 is 0 Å². The molecule has 0 unspecified atom stereocenters. The predicted molar refractivity (Wildman–Crippen MR) is 52.9 cm³/mol. The molecule has 0 aliphatic heterocycles. The maximum absolute atomic E-state index is 4.62. The smallest absolute Gasteiger partial charge is 0.213 e. The van der Waals surface area contributed by atoms with Crippen molar-refractivity contribution in [3.63, 3.8) is 0 Å². The molecule has 0 bridgehead atoms. The van der Waals surface area contributed by atoms with Gasteiger partial charge >= 0.3 is 0 Å². The van der Waals surface area contributed by atoms with E-state index in [1.807, 2.05) is 17.8 Å². The maximum atomic E-state index is 4.62. The zero-order chi connectivity index (χ0) is 10.5. The number of nitrogens with zero attached hydrogens (tertiary/aromatic N) is 4. The van der Waals surface area contributed by atoms with Gasteiger partial charge < -0.3 is 14.4 Å². The molecular formula is C9H13N5O.